The summed E-state index contributed by atoms with van der Waals surface area (Å²) in [4.78, 5) is 14.2. The number of β-amino-alcohol motifs (C(OH)–C–C–N with tert-alkyl or cyclic N) is 1. The highest BCUT2D eigenvalue weighted by atomic mass is 16.3. The molecule has 0 aromatic rings. The van der Waals surface area contributed by atoms with E-state index in [9.17, 15) is 9.90 Å². The fourth-order valence-corrected chi connectivity index (χ4v) is 3.44. The fourth-order valence-electron chi connectivity index (χ4n) is 3.44. The standard InChI is InChI=1S/C15H28N2O2/c1-12-6-3-4-7-13(12)16-14(18)10-17-9-5-8-15(2,19)11-17/h12-13,19H,3-11H2,1-2H3,(H,16,18). The first kappa shape index (κ1) is 14.8. The lowest BCUT2D eigenvalue weighted by molar-refractivity contribution is -0.125. The second-order valence-electron chi connectivity index (χ2n) is 6.75. The van der Waals surface area contributed by atoms with Crippen LogP contribution >= 0.6 is 0 Å². The monoisotopic (exact) mass is 268 g/mol. The number of aliphatic hydroxyl groups is 1. The Labute approximate surface area is 116 Å². The minimum Gasteiger partial charge on any atom is -0.389 e. The van der Waals surface area contributed by atoms with Gasteiger partial charge in [0.05, 0.1) is 12.1 Å². The summed E-state index contributed by atoms with van der Waals surface area (Å²) < 4.78 is 0. The molecule has 2 fully saturated rings. The van der Waals surface area contributed by atoms with Crippen LogP contribution in [0.4, 0.5) is 0 Å². The molecule has 1 saturated heterocycles. The Hall–Kier alpha value is -0.610. The van der Waals surface area contributed by atoms with Gasteiger partial charge in [0.25, 0.3) is 0 Å². The van der Waals surface area contributed by atoms with E-state index in [0.29, 0.717) is 25.0 Å². The first-order chi connectivity index (χ1) is 8.96. The highest BCUT2D eigenvalue weighted by molar-refractivity contribution is 5.78. The van der Waals surface area contributed by atoms with E-state index < -0.39 is 5.60 Å². The maximum atomic E-state index is 12.1. The smallest absolute Gasteiger partial charge is 0.234 e. The molecule has 0 radical (unpaired) electrons. The van der Waals surface area contributed by atoms with E-state index in [1.807, 2.05) is 6.92 Å². The predicted octanol–water partition coefficient (Wildman–Crippen LogP) is 1.53. The van der Waals surface area contributed by atoms with Crippen LogP contribution in [0.3, 0.4) is 0 Å². The molecule has 2 aliphatic rings. The topological polar surface area (TPSA) is 52.6 Å². The van der Waals surface area contributed by atoms with Crippen LogP contribution in [0.5, 0.6) is 0 Å². The number of nitrogens with one attached hydrogen (secondary N) is 1. The molecular weight excluding hydrogens is 240 g/mol. The van der Waals surface area contributed by atoms with Gasteiger partial charge < -0.3 is 10.4 Å². The van der Waals surface area contributed by atoms with Gasteiger partial charge in [-0.2, -0.15) is 0 Å². The number of carbonyl (C=O) groups is 1. The van der Waals surface area contributed by atoms with E-state index in [-0.39, 0.29) is 5.91 Å². The lowest BCUT2D eigenvalue weighted by Gasteiger charge is -2.37. The van der Waals surface area contributed by atoms with Crippen LogP contribution in [0.25, 0.3) is 0 Å². The maximum Gasteiger partial charge on any atom is 0.234 e. The Bertz CT molecular complexity index is 317. The summed E-state index contributed by atoms with van der Waals surface area (Å²) in [6.45, 7) is 6.06. The SMILES string of the molecule is CC1CCCCC1NC(=O)CN1CCCC(C)(O)C1. The van der Waals surface area contributed by atoms with Gasteiger partial charge in [0.1, 0.15) is 0 Å². The molecule has 3 atom stereocenters. The normalized spacial score (nSPS) is 37.0. The Balaban J connectivity index is 1.77. The average Bonchev–Trinajstić information content (AvgIpc) is 2.30. The largest absolute Gasteiger partial charge is 0.389 e. The van der Waals surface area contributed by atoms with Gasteiger partial charge in [0.15, 0.2) is 0 Å². The first-order valence-corrected chi connectivity index (χ1v) is 7.70. The van der Waals surface area contributed by atoms with Crippen molar-refractivity contribution in [1.82, 2.24) is 10.2 Å². The molecule has 0 spiro atoms. The number of piperidine rings is 1. The van der Waals surface area contributed by atoms with Crippen molar-refractivity contribution >= 4 is 5.91 Å². The summed E-state index contributed by atoms with van der Waals surface area (Å²) in [5.41, 5.74) is -0.628. The van der Waals surface area contributed by atoms with Crippen molar-refractivity contribution in [2.75, 3.05) is 19.6 Å². The van der Waals surface area contributed by atoms with Crippen LogP contribution < -0.4 is 5.32 Å². The Morgan fingerprint density at radius 1 is 1.37 bits per heavy atom. The number of amides is 1. The molecule has 1 aliphatic carbocycles. The van der Waals surface area contributed by atoms with Crippen molar-refractivity contribution in [3.63, 3.8) is 0 Å². The zero-order valence-electron chi connectivity index (χ0n) is 12.3. The van der Waals surface area contributed by atoms with Gasteiger partial charge in [0, 0.05) is 12.6 Å². The first-order valence-electron chi connectivity index (χ1n) is 7.70. The van der Waals surface area contributed by atoms with Gasteiger partial charge >= 0.3 is 0 Å². The summed E-state index contributed by atoms with van der Waals surface area (Å²) >= 11 is 0. The highest BCUT2D eigenvalue weighted by Gasteiger charge is 2.30. The summed E-state index contributed by atoms with van der Waals surface area (Å²) in [5, 5.41) is 13.2. The van der Waals surface area contributed by atoms with Crippen molar-refractivity contribution in [3.8, 4) is 0 Å². The van der Waals surface area contributed by atoms with Crippen LogP contribution in [0.15, 0.2) is 0 Å². The summed E-state index contributed by atoms with van der Waals surface area (Å²) in [5.74, 6) is 0.721. The average molecular weight is 268 g/mol. The van der Waals surface area contributed by atoms with Crippen molar-refractivity contribution in [1.29, 1.82) is 0 Å². The fraction of sp³-hybridized carbons (Fsp3) is 0.933. The second-order valence-corrected chi connectivity index (χ2v) is 6.75. The summed E-state index contributed by atoms with van der Waals surface area (Å²) in [6, 6.07) is 0.353. The van der Waals surface area contributed by atoms with Crippen molar-refractivity contribution in [2.24, 2.45) is 5.92 Å². The van der Waals surface area contributed by atoms with Gasteiger partial charge in [-0.1, -0.05) is 19.8 Å². The molecule has 2 N–H and O–H groups in total. The van der Waals surface area contributed by atoms with Crippen LogP contribution in [0, 0.1) is 5.92 Å². The number of hydrogen-bond acceptors (Lipinski definition) is 3. The van der Waals surface area contributed by atoms with Crippen LogP contribution in [0.1, 0.15) is 52.4 Å². The molecule has 1 amide bonds. The number of carbonyl (C=O) groups excluding carboxylic acids is 1. The molecule has 0 aromatic carbocycles. The van der Waals surface area contributed by atoms with Crippen LogP contribution in [-0.4, -0.2) is 47.2 Å². The van der Waals surface area contributed by atoms with Crippen molar-refractivity contribution < 1.29 is 9.90 Å². The zero-order valence-corrected chi connectivity index (χ0v) is 12.3. The van der Waals surface area contributed by atoms with Gasteiger partial charge in [-0.3, -0.25) is 9.69 Å². The number of hydrogen-bond donors (Lipinski definition) is 2. The summed E-state index contributed by atoms with van der Waals surface area (Å²) in [7, 11) is 0. The van der Waals surface area contributed by atoms with E-state index in [4.69, 9.17) is 0 Å². The van der Waals surface area contributed by atoms with E-state index in [0.717, 1.165) is 25.8 Å². The third-order valence-electron chi connectivity index (χ3n) is 4.58. The molecule has 0 aromatic heterocycles. The lowest BCUT2D eigenvalue weighted by atomic mass is 9.86. The van der Waals surface area contributed by atoms with Gasteiger partial charge in [-0.15, -0.1) is 0 Å². The minimum absolute atomic E-state index is 0.122. The van der Waals surface area contributed by atoms with Gasteiger partial charge in [0.2, 0.25) is 5.91 Å². The Morgan fingerprint density at radius 3 is 2.79 bits per heavy atom. The van der Waals surface area contributed by atoms with Crippen molar-refractivity contribution in [2.45, 2.75) is 64.0 Å². The minimum atomic E-state index is -0.628. The third kappa shape index (κ3) is 4.46. The van der Waals surface area contributed by atoms with E-state index in [1.165, 1.54) is 19.3 Å². The molecule has 110 valence electrons. The number of nitrogens with zero attached hydrogens (tertiary/aromatic N) is 1. The molecule has 1 saturated carbocycles. The van der Waals surface area contributed by atoms with Crippen LogP contribution in [-0.2, 0) is 4.79 Å². The number of rotatable bonds is 3. The summed E-state index contributed by atoms with van der Waals surface area (Å²) in [6.07, 6.45) is 6.68. The molecular formula is C15H28N2O2. The Kier molecular flexibility index (Phi) is 4.85. The molecule has 19 heavy (non-hydrogen) atoms. The maximum absolute atomic E-state index is 12.1. The van der Waals surface area contributed by atoms with E-state index >= 15 is 0 Å². The molecule has 4 nitrogen and oxygen atoms in total. The molecule has 1 aliphatic heterocycles. The van der Waals surface area contributed by atoms with Crippen LogP contribution in [0.2, 0.25) is 0 Å². The van der Waals surface area contributed by atoms with Gasteiger partial charge in [-0.05, 0) is 45.1 Å². The van der Waals surface area contributed by atoms with Crippen molar-refractivity contribution in [3.05, 3.63) is 0 Å². The molecule has 2 rings (SSSR count). The van der Waals surface area contributed by atoms with E-state index in [1.54, 1.807) is 0 Å². The lowest BCUT2D eigenvalue weighted by Crippen LogP contribution is -2.51. The Morgan fingerprint density at radius 2 is 2.11 bits per heavy atom. The quantitative estimate of drug-likeness (QED) is 0.816. The second kappa shape index (κ2) is 6.23. The molecule has 1 heterocycles. The zero-order chi connectivity index (χ0) is 13.9. The number of likely N-dealkylation sites (tertiary alicyclic amines) is 1. The molecule has 3 unspecified atom stereocenters. The molecule has 0 bridgehead atoms. The van der Waals surface area contributed by atoms with E-state index in [2.05, 4.69) is 17.1 Å². The third-order valence-corrected chi connectivity index (χ3v) is 4.58. The van der Waals surface area contributed by atoms with Gasteiger partial charge in [-0.25, -0.2) is 0 Å². The molecule has 4 heteroatoms. The predicted molar refractivity (Wildman–Crippen MR) is 75.9 cm³/mol. The highest BCUT2D eigenvalue weighted by Crippen LogP contribution is 2.24.